The average molecular weight is 362 g/mol. The van der Waals surface area contributed by atoms with Gasteiger partial charge in [0.2, 0.25) is 0 Å². The van der Waals surface area contributed by atoms with Crippen molar-refractivity contribution in [3.63, 3.8) is 0 Å². The predicted octanol–water partition coefficient (Wildman–Crippen LogP) is 2.51. The van der Waals surface area contributed by atoms with E-state index in [0.29, 0.717) is 0 Å². The highest BCUT2D eigenvalue weighted by Gasteiger charge is 2.47. The quantitative estimate of drug-likeness (QED) is 0.504. The number of rotatable bonds is 9. The van der Waals surface area contributed by atoms with E-state index < -0.39 is 33.2 Å². The molecule has 0 amide bonds. The zero-order valence-electron chi connectivity index (χ0n) is 15.9. The Kier molecular flexibility index (Phi) is 8.85. The predicted molar refractivity (Wildman–Crippen MR) is 95.6 cm³/mol. The molecule has 0 saturated heterocycles. The molecule has 0 aliphatic rings. The summed E-state index contributed by atoms with van der Waals surface area (Å²) in [5.74, 6) is -1.41. The molecule has 0 aromatic carbocycles. The van der Waals surface area contributed by atoms with Crippen LogP contribution >= 0.6 is 0 Å². The lowest BCUT2D eigenvalue weighted by Crippen LogP contribution is -2.60. The van der Waals surface area contributed by atoms with Gasteiger partial charge in [-0.1, -0.05) is 20.4 Å². The number of esters is 2. The second kappa shape index (κ2) is 9.32. The molecule has 0 aliphatic heterocycles. The molecule has 140 valence electrons. The monoisotopic (exact) mass is 361 g/mol. The third-order valence-electron chi connectivity index (χ3n) is 3.51. The van der Waals surface area contributed by atoms with Gasteiger partial charge in [0.05, 0.1) is 28.9 Å². The molecular formula is C17H31NO5S. The number of carbonyl (C=O) groups excluding carboxylic acids is 2. The molecule has 0 rings (SSSR count). The first kappa shape index (κ1) is 22.8. The Bertz CT molecular complexity index is 496. The van der Waals surface area contributed by atoms with E-state index in [0.717, 1.165) is 0 Å². The minimum absolute atomic E-state index is 0.0375. The van der Waals surface area contributed by atoms with Gasteiger partial charge in [-0.15, -0.1) is 0 Å². The molecule has 1 N–H and O–H groups in total. The molecule has 0 fully saturated rings. The average Bonchev–Trinajstić information content (AvgIpc) is 2.45. The van der Waals surface area contributed by atoms with Crippen molar-refractivity contribution in [2.75, 3.05) is 13.2 Å². The summed E-state index contributed by atoms with van der Waals surface area (Å²) in [5.41, 5.74) is -1.19. The van der Waals surface area contributed by atoms with E-state index in [9.17, 15) is 13.8 Å². The SMILES string of the molecule is C=C(C[C@@](NS(=O)C(C)(C)C)(C(=O)OCC)C(C)C)C(=O)OCC. The Hall–Kier alpha value is -1.21. The molecule has 0 heterocycles. The van der Waals surface area contributed by atoms with Crippen LogP contribution in [0.15, 0.2) is 12.2 Å². The summed E-state index contributed by atoms with van der Waals surface area (Å²) in [7, 11) is -1.53. The van der Waals surface area contributed by atoms with E-state index in [2.05, 4.69) is 11.3 Å². The van der Waals surface area contributed by atoms with E-state index in [1.807, 2.05) is 13.8 Å². The van der Waals surface area contributed by atoms with Gasteiger partial charge in [0.15, 0.2) is 0 Å². The van der Waals surface area contributed by atoms with Gasteiger partial charge in [-0.05, 0) is 40.5 Å². The van der Waals surface area contributed by atoms with E-state index in [1.54, 1.807) is 34.6 Å². The van der Waals surface area contributed by atoms with E-state index >= 15 is 0 Å². The summed E-state index contributed by atoms with van der Waals surface area (Å²) < 4.78 is 25.1. The Labute approximate surface area is 147 Å². The molecule has 24 heavy (non-hydrogen) atoms. The molecule has 0 aliphatic carbocycles. The first-order chi connectivity index (χ1) is 10.9. The number of hydrogen-bond acceptors (Lipinski definition) is 5. The summed E-state index contributed by atoms with van der Waals surface area (Å²) in [6.07, 6.45) is -0.0375. The van der Waals surface area contributed by atoms with Crippen LogP contribution in [0.5, 0.6) is 0 Å². The van der Waals surface area contributed by atoms with Crippen LogP contribution in [0.3, 0.4) is 0 Å². The topological polar surface area (TPSA) is 81.7 Å². The Morgan fingerprint density at radius 2 is 1.62 bits per heavy atom. The summed E-state index contributed by atoms with van der Waals surface area (Å²) in [5, 5.41) is 0. The van der Waals surface area contributed by atoms with Crippen LogP contribution < -0.4 is 4.72 Å². The van der Waals surface area contributed by atoms with Gasteiger partial charge in [-0.25, -0.2) is 18.5 Å². The molecule has 0 aromatic rings. The second-order valence-corrected chi connectivity index (χ2v) is 8.80. The molecular weight excluding hydrogens is 330 g/mol. The zero-order chi connectivity index (χ0) is 19.1. The number of carbonyl (C=O) groups is 2. The molecule has 0 bridgehead atoms. The smallest absolute Gasteiger partial charge is 0.333 e. The lowest BCUT2D eigenvalue weighted by molar-refractivity contribution is -0.152. The zero-order valence-corrected chi connectivity index (χ0v) is 16.7. The highest BCUT2D eigenvalue weighted by molar-refractivity contribution is 7.84. The fourth-order valence-corrected chi connectivity index (χ4v) is 2.96. The van der Waals surface area contributed by atoms with Crippen molar-refractivity contribution in [3.05, 3.63) is 12.2 Å². The maximum atomic E-state index is 12.7. The van der Waals surface area contributed by atoms with E-state index in [-0.39, 0.29) is 31.1 Å². The van der Waals surface area contributed by atoms with Gasteiger partial charge in [0, 0.05) is 12.0 Å². The maximum absolute atomic E-state index is 12.7. The highest BCUT2D eigenvalue weighted by Crippen LogP contribution is 2.29. The second-order valence-electron chi connectivity index (χ2n) is 6.83. The van der Waals surface area contributed by atoms with Crippen LogP contribution in [0.4, 0.5) is 0 Å². The minimum atomic E-state index is -1.53. The molecule has 7 heteroatoms. The normalized spacial score (nSPS) is 15.5. The number of ether oxygens (including phenoxy) is 2. The van der Waals surface area contributed by atoms with Crippen LogP contribution in [0.1, 0.15) is 54.9 Å². The maximum Gasteiger partial charge on any atom is 0.333 e. The van der Waals surface area contributed by atoms with Crippen molar-refractivity contribution < 1.29 is 23.3 Å². The third kappa shape index (κ3) is 6.02. The first-order valence-corrected chi connectivity index (χ1v) is 9.29. The van der Waals surface area contributed by atoms with Gasteiger partial charge in [-0.3, -0.25) is 0 Å². The Balaban J connectivity index is 5.77. The first-order valence-electron chi connectivity index (χ1n) is 8.14. The highest BCUT2D eigenvalue weighted by atomic mass is 32.2. The Morgan fingerprint density at radius 1 is 1.12 bits per heavy atom. The van der Waals surface area contributed by atoms with Crippen LogP contribution in [0, 0.1) is 5.92 Å². The van der Waals surface area contributed by atoms with Crippen LogP contribution in [-0.4, -0.2) is 39.6 Å². The lowest BCUT2D eigenvalue weighted by Gasteiger charge is -2.37. The molecule has 1 unspecified atom stereocenters. The van der Waals surface area contributed by atoms with Crippen molar-refractivity contribution in [1.82, 2.24) is 4.72 Å². The summed E-state index contributed by atoms with van der Waals surface area (Å²) >= 11 is 0. The van der Waals surface area contributed by atoms with Crippen LogP contribution in [0.2, 0.25) is 0 Å². The van der Waals surface area contributed by atoms with E-state index in [4.69, 9.17) is 9.47 Å². The van der Waals surface area contributed by atoms with Crippen molar-refractivity contribution in [2.45, 2.75) is 65.2 Å². The summed E-state index contributed by atoms with van der Waals surface area (Å²) in [6, 6.07) is 0. The largest absolute Gasteiger partial charge is 0.465 e. The van der Waals surface area contributed by atoms with Crippen LogP contribution in [0.25, 0.3) is 0 Å². The summed E-state index contributed by atoms with van der Waals surface area (Å²) in [4.78, 5) is 24.6. The fourth-order valence-electron chi connectivity index (χ4n) is 1.93. The molecule has 0 radical (unpaired) electrons. The number of hydrogen-bond donors (Lipinski definition) is 1. The van der Waals surface area contributed by atoms with Gasteiger partial charge in [-0.2, -0.15) is 0 Å². The molecule has 6 nitrogen and oxygen atoms in total. The summed E-state index contributed by atoms with van der Waals surface area (Å²) in [6.45, 7) is 16.5. The fraction of sp³-hybridized carbons (Fsp3) is 0.765. The van der Waals surface area contributed by atoms with Crippen molar-refractivity contribution in [2.24, 2.45) is 5.92 Å². The van der Waals surface area contributed by atoms with Gasteiger partial charge < -0.3 is 9.47 Å². The standard InChI is InChI=1S/C17H31NO5S/c1-9-22-14(19)13(5)11-17(12(3)4,15(20)23-10-2)18-24(21)16(6,7)8/h12,18H,5,9-11H2,1-4,6-8H3/t17-,24?/m0/s1. The van der Waals surface area contributed by atoms with Gasteiger partial charge in [0.25, 0.3) is 0 Å². The van der Waals surface area contributed by atoms with Crippen molar-refractivity contribution in [1.29, 1.82) is 0 Å². The van der Waals surface area contributed by atoms with Crippen molar-refractivity contribution >= 4 is 22.9 Å². The lowest BCUT2D eigenvalue weighted by atomic mass is 9.82. The van der Waals surface area contributed by atoms with Crippen LogP contribution in [-0.2, 0) is 30.0 Å². The minimum Gasteiger partial charge on any atom is -0.465 e. The van der Waals surface area contributed by atoms with Crippen molar-refractivity contribution in [3.8, 4) is 0 Å². The molecule has 0 spiro atoms. The Morgan fingerprint density at radius 3 is 2.00 bits per heavy atom. The third-order valence-corrected chi connectivity index (χ3v) is 5.17. The molecule has 2 atom stereocenters. The molecule has 0 saturated carbocycles. The van der Waals surface area contributed by atoms with Gasteiger partial charge in [0.1, 0.15) is 5.54 Å². The van der Waals surface area contributed by atoms with E-state index in [1.165, 1.54) is 0 Å². The number of nitrogens with one attached hydrogen (secondary N) is 1. The van der Waals surface area contributed by atoms with Gasteiger partial charge >= 0.3 is 11.9 Å². The molecule has 0 aromatic heterocycles.